The van der Waals surface area contributed by atoms with E-state index in [1.54, 1.807) is 6.20 Å². The van der Waals surface area contributed by atoms with Gasteiger partial charge in [-0.25, -0.2) is 0 Å². The fourth-order valence-electron chi connectivity index (χ4n) is 4.43. The van der Waals surface area contributed by atoms with Crippen molar-refractivity contribution in [1.29, 1.82) is 0 Å². The number of fused-ring (bicyclic) bond motifs is 1. The van der Waals surface area contributed by atoms with Crippen molar-refractivity contribution in [2.45, 2.75) is 57.9 Å². The first-order valence-corrected chi connectivity index (χ1v) is 10.1. The second kappa shape index (κ2) is 7.30. The van der Waals surface area contributed by atoms with Gasteiger partial charge in [0.2, 0.25) is 0 Å². The van der Waals surface area contributed by atoms with Crippen molar-refractivity contribution < 1.29 is 4.79 Å². The molecule has 0 bridgehead atoms. The fraction of sp³-hybridized carbons (Fsp3) is 0.417. The molecule has 1 aliphatic carbocycles. The normalized spacial score (nSPS) is 20.7. The number of allylic oxidation sites excluding steroid dienone is 1. The Morgan fingerprint density at radius 1 is 1.15 bits per heavy atom. The van der Waals surface area contributed by atoms with Gasteiger partial charge in [0, 0.05) is 41.2 Å². The highest BCUT2D eigenvalue weighted by molar-refractivity contribution is 5.98. The first-order valence-electron chi connectivity index (χ1n) is 10.1. The van der Waals surface area contributed by atoms with Gasteiger partial charge in [0.1, 0.15) is 0 Å². The monoisotopic (exact) mass is 360 g/mol. The third kappa shape index (κ3) is 3.97. The van der Waals surface area contributed by atoms with Crippen LogP contribution in [0.5, 0.6) is 0 Å². The lowest BCUT2D eigenvalue weighted by atomic mass is 9.82. The molecule has 1 N–H and O–H groups in total. The van der Waals surface area contributed by atoms with Crippen molar-refractivity contribution in [2.75, 3.05) is 0 Å². The second-order valence-electron chi connectivity index (χ2n) is 8.59. The van der Waals surface area contributed by atoms with E-state index in [0.717, 1.165) is 36.1 Å². The molecule has 0 unspecified atom stereocenters. The van der Waals surface area contributed by atoms with Crippen LogP contribution in [0, 0.1) is 5.92 Å². The molecular weight excluding hydrogens is 332 g/mol. The molecule has 0 saturated heterocycles. The Balaban J connectivity index is 1.69. The van der Waals surface area contributed by atoms with E-state index in [1.807, 2.05) is 18.3 Å². The molecule has 0 atom stereocenters. The van der Waals surface area contributed by atoms with Crippen LogP contribution in [-0.2, 0) is 11.2 Å². The van der Waals surface area contributed by atoms with Crippen LogP contribution in [0.2, 0.25) is 0 Å². The molecule has 0 spiro atoms. The molecule has 2 aromatic rings. The summed E-state index contributed by atoms with van der Waals surface area (Å²) in [7, 11) is 0. The molecular formula is C24H28N2O. The van der Waals surface area contributed by atoms with Crippen LogP contribution in [0.3, 0.4) is 0 Å². The lowest BCUT2D eigenvalue weighted by Gasteiger charge is -2.36. The maximum absolute atomic E-state index is 12.9. The number of carbonyl (C=O) groups is 1. The average molecular weight is 361 g/mol. The summed E-state index contributed by atoms with van der Waals surface area (Å²) in [5.74, 6) is 0.494. The maximum Gasteiger partial charge on any atom is 0.160 e. The van der Waals surface area contributed by atoms with Crippen molar-refractivity contribution in [3.05, 3.63) is 59.9 Å². The molecule has 4 rings (SSSR count). The van der Waals surface area contributed by atoms with Crippen LogP contribution in [0.25, 0.3) is 16.8 Å². The van der Waals surface area contributed by atoms with Crippen LogP contribution in [0.15, 0.2) is 48.8 Å². The lowest BCUT2D eigenvalue weighted by molar-refractivity contribution is -0.119. The van der Waals surface area contributed by atoms with Crippen LogP contribution in [-0.4, -0.2) is 16.3 Å². The summed E-state index contributed by atoms with van der Waals surface area (Å²) in [4.78, 5) is 17.1. The molecule has 1 saturated carbocycles. The standard InChI is InChI=1S/C24H28N2O/c1-24(2)15-20-13-18(19-9-6-12-25-16-19)10-11-21(20)22(26-24)14-23(27)17-7-4-3-5-8-17/h6,9-14,16-17,26H,3-5,7-8,15H2,1-2H3/b22-14-. The van der Waals surface area contributed by atoms with Crippen LogP contribution >= 0.6 is 0 Å². The SMILES string of the molecule is CC1(C)Cc2cc(-c3cccnc3)ccc2/C(=C/C(=O)C2CCCCC2)N1. The number of pyridine rings is 1. The zero-order chi connectivity index (χ0) is 18.9. The minimum atomic E-state index is -0.0702. The Hall–Kier alpha value is -2.42. The van der Waals surface area contributed by atoms with Gasteiger partial charge >= 0.3 is 0 Å². The average Bonchev–Trinajstić information content (AvgIpc) is 2.68. The van der Waals surface area contributed by atoms with Gasteiger partial charge in [0.05, 0.1) is 0 Å². The molecule has 1 aromatic heterocycles. The van der Waals surface area contributed by atoms with E-state index in [0.29, 0.717) is 0 Å². The quantitative estimate of drug-likeness (QED) is 0.769. The Labute approximate surface area is 161 Å². The number of rotatable bonds is 3. The zero-order valence-electron chi connectivity index (χ0n) is 16.3. The van der Waals surface area contributed by atoms with Crippen LogP contribution < -0.4 is 5.32 Å². The largest absolute Gasteiger partial charge is 0.379 e. The number of ketones is 1. The van der Waals surface area contributed by atoms with E-state index in [-0.39, 0.29) is 17.2 Å². The topological polar surface area (TPSA) is 42.0 Å². The summed E-state index contributed by atoms with van der Waals surface area (Å²) in [6.45, 7) is 4.40. The van der Waals surface area contributed by atoms with E-state index >= 15 is 0 Å². The first kappa shape index (κ1) is 18.0. The van der Waals surface area contributed by atoms with Gasteiger partial charge < -0.3 is 5.32 Å². The highest BCUT2D eigenvalue weighted by Gasteiger charge is 2.29. The second-order valence-corrected chi connectivity index (χ2v) is 8.59. The van der Waals surface area contributed by atoms with Gasteiger partial charge in [-0.2, -0.15) is 0 Å². The van der Waals surface area contributed by atoms with Gasteiger partial charge in [-0.1, -0.05) is 43.5 Å². The van der Waals surface area contributed by atoms with Crippen molar-refractivity contribution in [1.82, 2.24) is 10.3 Å². The summed E-state index contributed by atoms with van der Waals surface area (Å²) < 4.78 is 0. The molecule has 3 heteroatoms. The van der Waals surface area contributed by atoms with E-state index in [9.17, 15) is 4.79 Å². The molecule has 140 valence electrons. The van der Waals surface area contributed by atoms with Crippen LogP contribution in [0.4, 0.5) is 0 Å². The smallest absolute Gasteiger partial charge is 0.160 e. The maximum atomic E-state index is 12.9. The summed E-state index contributed by atoms with van der Waals surface area (Å²) in [5, 5.41) is 3.61. The molecule has 1 fully saturated rings. The molecule has 1 aliphatic heterocycles. The zero-order valence-corrected chi connectivity index (χ0v) is 16.3. The fourth-order valence-corrected chi connectivity index (χ4v) is 4.43. The Morgan fingerprint density at radius 3 is 2.70 bits per heavy atom. The predicted molar refractivity (Wildman–Crippen MR) is 110 cm³/mol. The van der Waals surface area contributed by atoms with E-state index in [1.165, 1.54) is 30.4 Å². The van der Waals surface area contributed by atoms with Gasteiger partial charge in [-0.15, -0.1) is 0 Å². The highest BCUT2D eigenvalue weighted by atomic mass is 16.1. The molecule has 1 aromatic carbocycles. The summed E-state index contributed by atoms with van der Waals surface area (Å²) in [6.07, 6.45) is 12.2. The van der Waals surface area contributed by atoms with Gasteiger partial charge in [0.25, 0.3) is 0 Å². The summed E-state index contributed by atoms with van der Waals surface area (Å²) in [5.41, 5.74) is 5.67. The number of nitrogens with zero attached hydrogens (tertiary/aromatic N) is 1. The van der Waals surface area contributed by atoms with Gasteiger partial charge in [-0.05, 0) is 55.9 Å². The Morgan fingerprint density at radius 2 is 1.96 bits per heavy atom. The predicted octanol–water partition coefficient (Wildman–Crippen LogP) is 5.16. The minimum absolute atomic E-state index is 0.0702. The highest BCUT2D eigenvalue weighted by Crippen LogP contribution is 2.34. The van der Waals surface area contributed by atoms with Crippen molar-refractivity contribution >= 4 is 11.5 Å². The Bertz CT molecular complexity index is 861. The van der Waals surface area contributed by atoms with Gasteiger partial charge in [0.15, 0.2) is 5.78 Å². The minimum Gasteiger partial charge on any atom is -0.379 e. The van der Waals surface area contributed by atoms with Crippen LogP contribution in [0.1, 0.15) is 57.1 Å². The van der Waals surface area contributed by atoms with E-state index in [2.05, 4.69) is 48.4 Å². The summed E-state index contributed by atoms with van der Waals surface area (Å²) >= 11 is 0. The first-order chi connectivity index (χ1) is 13.0. The van der Waals surface area contributed by atoms with Crippen molar-refractivity contribution in [2.24, 2.45) is 5.92 Å². The number of carbonyl (C=O) groups excluding carboxylic acids is 1. The number of hydrogen-bond acceptors (Lipinski definition) is 3. The number of benzene rings is 1. The van der Waals surface area contributed by atoms with E-state index < -0.39 is 0 Å². The third-order valence-electron chi connectivity index (χ3n) is 5.79. The van der Waals surface area contributed by atoms with E-state index in [4.69, 9.17) is 0 Å². The van der Waals surface area contributed by atoms with Crippen molar-refractivity contribution in [3.8, 4) is 11.1 Å². The van der Waals surface area contributed by atoms with Crippen molar-refractivity contribution in [3.63, 3.8) is 0 Å². The van der Waals surface area contributed by atoms with Gasteiger partial charge in [-0.3, -0.25) is 9.78 Å². The number of nitrogens with one attached hydrogen (secondary N) is 1. The molecule has 0 amide bonds. The molecule has 2 aliphatic rings. The summed E-state index contributed by atoms with van der Waals surface area (Å²) in [6, 6.07) is 10.6. The number of aromatic nitrogens is 1. The number of hydrogen-bond donors (Lipinski definition) is 1. The third-order valence-corrected chi connectivity index (χ3v) is 5.79. The molecule has 3 nitrogen and oxygen atoms in total. The molecule has 27 heavy (non-hydrogen) atoms. The Kier molecular flexibility index (Phi) is 4.86. The molecule has 0 radical (unpaired) electrons. The lowest BCUT2D eigenvalue weighted by Crippen LogP contribution is -2.44. The molecule has 2 heterocycles.